The van der Waals surface area contributed by atoms with E-state index in [0.717, 1.165) is 44.9 Å². The highest BCUT2D eigenvalue weighted by Gasteiger charge is 2.35. The zero-order valence-electron chi connectivity index (χ0n) is 40.3. The highest BCUT2D eigenvalue weighted by atomic mass is 16.3. The average molecular weight is 1020 g/mol. The molecule has 400 valence electrons. The van der Waals surface area contributed by atoms with Gasteiger partial charge in [0.1, 0.15) is 48.0 Å². The van der Waals surface area contributed by atoms with Crippen molar-refractivity contribution in [2.45, 2.75) is 146 Å². The summed E-state index contributed by atoms with van der Waals surface area (Å²) in [5.41, 5.74) is 16.3. The smallest absolute Gasteiger partial charge is 0.245 e. The molecule has 27 heteroatoms. The van der Waals surface area contributed by atoms with E-state index in [2.05, 4.69) is 54.8 Å². The number of phenolic OH excluding ortho intramolecular Hbond substituents is 1. The van der Waals surface area contributed by atoms with Crippen LogP contribution in [0.1, 0.15) is 102 Å². The van der Waals surface area contributed by atoms with Crippen molar-refractivity contribution in [1.82, 2.24) is 47.9 Å². The molecule has 72 heavy (non-hydrogen) atoms. The van der Waals surface area contributed by atoms with Crippen LogP contribution < -0.4 is 65.1 Å². The third kappa shape index (κ3) is 23.5. The number of aliphatic hydroxyl groups excluding tert-OH is 2. The van der Waals surface area contributed by atoms with Crippen LogP contribution in [0, 0.1) is 0 Å². The Labute approximate surface area is 415 Å². The Kier molecular flexibility index (Phi) is 27.4. The standard InChI is InChI=1S/C45H70N12O15/c1-2-3-4-5-6-7-8-9-10-11-16-49-39(66)31-21-37(64)52-32(23-58)44(71)53-27(17-25-12-14-26(60)15-13-25)41(68)54-28(18-34(46)61)40(67)50-22-38(65)51-29(19-35(47)62)42(69)57-33(24-59)45(72)55-30(20-36(48)63)43(70)56-31/h12-15,27-33,58-60H,2-11,16-24H2,1H3,(H2,46,61)(H2,47,62)(H2,48,63)(H,49,66)(H,50,67)(H,51,65)(H,52,64)(H,53,71)(H,54,68)(H,55,72)(H,56,70)(H,57,69)/t27-,28-,29-,30-,31+,32-,33-/m0/s1. The lowest BCUT2D eigenvalue weighted by Gasteiger charge is -2.26. The largest absolute Gasteiger partial charge is 0.508 e. The Hall–Kier alpha value is -7.42. The molecule has 1 heterocycles. The van der Waals surface area contributed by atoms with E-state index in [1.165, 1.54) is 37.1 Å². The van der Waals surface area contributed by atoms with Gasteiger partial charge in [0, 0.05) is 13.0 Å². The summed E-state index contributed by atoms with van der Waals surface area (Å²) >= 11 is 0. The zero-order chi connectivity index (χ0) is 53.8. The van der Waals surface area contributed by atoms with Gasteiger partial charge in [-0.15, -0.1) is 0 Å². The van der Waals surface area contributed by atoms with Crippen molar-refractivity contribution in [3.8, 4) is 5.75 Å². The molecule has 0 unspecified atom stereocenters. The van der Waals surface area contributed by atoms with Crippen LogP contribution >= 0.6 is 0 Å². The minimum Gasteiger partial charge on any atom is -0.508 e. The Morgan fingerprint density at radius 3 is 1.44 bits per heavy atom. The zero-order valence-corrected chi connectivity index (χ0v) is 40.3. The van der Waals surface area contributed by atoms with Crippen molar-refractivity contribution >= 4 is 70.9 Å². The molecule has 1 aromatic rings. The lowest BCUT2D eigenvalue weighted by molar-refractivity contribution is -0.137. The molecule has 12 amide bonds. The number of carbonyl (C=O) groups is 12. The molecular formula is C45H70N12O15. The van der Waals surface area contributed by atoms with E-state index in [0.29, 0.717) is 12.0 Å². The number of phenols is 1. The SMILES string of the molecule is CCCCCCCCCCCCNC(=O)[C@H]1CC(=O)N[C@@H](CO)C(=O)N[C@@H](Cc2ccc(O)cc2)C(=O)N[C@@H](CC(N)=O)C(=O)NCC(=O)N[C@@H](CC(N)=O)C(=O)N[C@@H](CO)C(=O)N[C@@H](CC(N)=O)C(=O)N1. The van der Waals surface area contributed by atoms with Crippen molar-refractivity contribution in [2.24, 2.45) is 17.2 Å². The molecule has 1 aromatic carbocycles. The monoisotopic (exact) mass is 1020 g/mol. The van der Waals surface area contributed by atoms with Crippen LogP contribution in [0.25, 0.3) is 0 Å². The molecular weight excluding hydrogens is 949 g/mol. The molecule has 7 atom stereocenters. The number of hydrogen-bond donors (Lipinski definition) is 15. The van der Waals surface area contributed by atoms with E-state index in [1.54, 1.807) is 0 Å². The van der Waals surface area contributed by atoms with Gasteiger partial charge < -0.3 is 80.4 Å². The molecule has 0 aliphatic carbocycles. The number of rotatable bonds is 22. The molecule has 0 saturated carbocycles. The van der Waals surface area contributed by atoms with E-state index < -0.39 is 159 Å². The lowest BCUT2D eigenvalue weighted by atomic mass is 10.0. The average Bonchev–Trinajstić information content (AvgIpc) is 3.31. The summed E-state index contributed by atoms with van der Waals surface area (Å²) < 4.78 is 0. The normalized spacial score (nSPS) is 22.4. The number of aliphatic hydroxyl groups is 2. The van der Waals surface area contributed by atoms with E-state index >= 15 is 0 Å². The second kappa shape index (κ2) is 32.5. The molecule has 0 bridgehead atoms. The summed E-state index contributed by atoms with van der Waals surface area (Å²) in [7, 11) is 0. The van der Waals surface area contributed by atoms with Crippen LogP contribution in [0.2, 0.25) is 0 Å². The summed E-state index contributed by atoms with van der Waals surface area (Å²) in [4.78, 5) is 158. The minimum absolute atomic E-state index is 0.0912. The van der Waals surface area contributed by atoms with Gasteiger partial charge in [0.2, 0.25) is 70.9 Å². The lowest BCUT2D eigenvalue weighted by Crippen LogP contribution is -2.60. The molecule has 27 nitrogen and oxygen atoms in total. The third-order valence-electron chi connectivity index (χ3n) is 11.1. The molecule has 0 aromatic heterocycles. The van der Waals surface area contributed by atoms with Gasteiger partial charge in [-0.1, -0.05) is 76.8 Å². The molecule has 1 aliphatic heterocycles. The van der Waals surface area contributed by atoms with E-state index in [-0.39, 0.29) is 18.7 Å². The molecule has 1 aliphatic rings. The fourth-order valence-corrected chi connectivity index (χ4v) is 7.19. The van der Waals surface area contributed by atoms with Gasteiger partial charge in [0.05, 0.1) is 45.4 Å². The van der Waals surface area contributed by atoms with Crippen LogP contribution in [-0.4, -0.2) is 155 Å². The Balaban J connectivity index is 2.58. The number of unbranched alkanes of at least 4 members (excludes halogenated alkanes) is 9. The number of benzene rings is 1. The van der Waals surface area contributed by atoms with Crippen molar-refractivity contribution in [3.05, 3.63) is 29.8 Å². The second-order valence-corrected chi connectivity index (χ2v) is 17.2. The van der Waals surface area contributed by atoms with E-state index in [9.17, 15) is 72.9 Å². The molecule has 0 radical (unpaired) electrons. The number of amides is 12. The third-order valence-corrected chi connectivity index (χ3v) is 11.1. The Bertz CT molecular complexity index is 2060. The summed E-state index contributed by atoms with van der Waals surface area (Å²) in [6.07, 6.45) is 5.91. The predicted octanol–water partition coefficient (Wildman–Crippen LogP) is -5.50. The first kappa shape index (κ1) is 60.7. The van der Waals surface area contributed by atoms with Gasteiger partial charge in [-0.25, -0.2) is 0 Å². The number of aromatic hydroxyl groups is 1. The maximum absolute atomic E-state index is 13.9. The fourth-order valence-electron chi connectivity index (χ4n) is 7.19. The molecule has 0 spiro atoms. The Morgan fingerprint density at radius 1 is 0.528 bits per heavy atom. The highest BCUT2D eigenvalue weighted by Crippen LogP contribution is 2.13. The van der Waals surface area contributed by atoms with Crippen LogP contribution in [-0.2, 0) is 64.0 Å². The number of nitrogens with two attached hydrogens (primary N) is 3. The van der Waals surface area contributed by atoms with Crippen LogP contribution in [0.3, 0.4) is 0 Å². The summed E-state index contributed by atoms with van der Waals surface area (Å²) in [6, 6.07) is -7.58. The topological polar surface area (TPSA) is 452 Å². The molecule has 2 rings (SSSR count). The maximum Gasteiger partial charge on any atom is 0.245 e. The first-order chi connectivity index (χ1) is 34.2. The van der Waals surface area contributed by atoms with Crippen molar-refractivity contribution in [3.63, 3.8) is 0 Å². The Morgan fingerprint density at radius 2 is 0.931 bits per heavy atom. The number of carbonyl (C=O) groups excluding carboxylic acids is 12. The van der Waals surface area contributed by atoms with Crippen molar-refractivity contribution in [2.75, 3.05) is 26.3 Å². The van der Waals surface area contributed by atoms with E-state index in [1.807, 2.05) is 0 Å². The van der Waals surface area contributed by atoms with Crippen LogP contribution in [0.4, 0.5) is 0 Å². The van der Waals surface area contributed by atoms with Crippen molar-refractivity contribution < 1.29 is 72.9 Å². The quantitative estimate of drug-likeness (QED) is 0.0482. The number of primary amides is 3. The van der Waals surface area contributed by atoms with Gasteiger partial charge in [-0.05, 0) is 24.1 Å². The van der Waals surface area contributed by atoms with Crippen LogP contribution in [0.15, 0.2) is 24.3 Å². The van der Waals surface area contributed by atoms with Gasteiger partial charge in [0.15, 0.2) is 0 Å². The summed E-state index contributed by atoms with van der Waals surface area (Å²) in [6.45, 7) is -1.03. The summed E-state index contributed by atoms with van der Waals surface area (Å²) in [5, 5.41) is 50.3. The second-order valence-electron chi connectivity index (χ2n) is 17.2. The number of hydrogen-bond acceptors (Lipinski definition) is 15. The van der Waals surface area contributed by atoms with Crippen molar-refractivity contribution in [1.29, 1.82) is 0 Å². The molecule has 1 fully saturated rings. The van der Waals surface area contributed by atoms with E-state index in [4.69, 9.17) is 17.2 Å². The van der Waals surface area contributed by atoms with Gasteiger partial charge in [-0.3, -0.25) is 57.5 Å². The molecule has 1 saturated heterocycles. The minimum atomic E-state index is -1.95. The predicted molar refractivity (Wildman–Crippen MR) is 253 cm³/mol. The highest BCUT2D eigenvalue weighted by molar-refractivity contribution is 6.00. The van der Waals surface area contributed by atoms with Gasteiger partial charge in [0.25, 0.3) is 0 Å². The fraction of sp³-hybridized carbons (Fsp3) is 0.600. The summed E-state index contributed by atoms with van der Waals surface area (Å²) in [5.74, 6) is -14.2. The van der Waals surface area contributed by atoms with Gasteiger partial charge >= 0.3 is 0 Å². The van der Waals surface area contributed by atoms with Crippen LogP contribution in [0.5, 0.6) is 5.75 Å². The number of nitrogens with one attached hydrogen (secondary N) is 9. The first-order valence-corrected chi connectivity index (χ1v) is 23.7. The maximum atomic E-state index is 13.9. The first-order valence-electron chi connectivity index (χ1n) is 23.7. The molecule has 18 N–H and O–H groups in total. The van der Waals surface area contributed by atoms with Gasteiger partial charge in [-0.2, -0.15) is 0 Å².